The van der Waals surface area contributed by atoms with Crippen molar-refractivity contribution in [3.63, 3.8) is 0 Å². The van der Waals surface area contributed by atoms with E-state index in [0.29, 0.717) is 13.1 Å². The number of benzene rings is 2. The van der Waals surface area contributed by atoms with E-state index in [9.17, 15) is 23.3 Å². The van der Waals surface area contributed by atoms with Crippen molar-refractivity contribution in [3.05, 3.63) is 64.2 Å². The molecule has 9 heteroatoms. The second kappa shape index (κ2) is 7.22. The fourth-order valence-corrected chi connectivity index (χ4v) is 4.34. The highest BCUT2D eigenvalue weighted by atomic mass is 32.2. The molecular weight excluding hydrogens is 358 g/mol. The molecule has 0 unspecified atom stereocenters. The summed E-state index contributed by atoms with van der Waals surface area (Å²) in [6.45, 7) is 0.957. The zero-order valence-corrected chi connectivity index (χ0v) is 14.6. The fourth-order valence-electron chi connectivity index (χ4n) is 2.78. The Hall–Kier alpha value is -2.78. The number of carbonyl (C=O) groups is 1. The van der Waals surface area contributed by atoms with Crippen molar-refractivity contribution >= 4 is 27.3 Å². The Morgan fingerprint density at radius 1 is 1.08 bits per heavy atom. The first-order chi connectivity index (χ1) is 12.4. The van der Waals surface area contributed by atoms with Gasteiger partial charge in [-0.05, 0) is 37.1 Å². The number of nitrogens with zero attached hydrogens (tertiary/aromatic N) is 2. The molecule has 1 N–H and O–H groups in total. The van der Waals surface area contributed by atoms with Gasteiger partial charge < -0.3 is 5.32 Å². The summed E-state index contributed by atoms with van der Waals surface area (Å²) in [5.41, 5.74) is 0.280. The lowest BCUT2D eigenvalue weighted by atomic mass is 10.2. The van der Waals surface area contributed by atoms with Crippen LogP contribution in [0.4, 0.5) is 11.4 Å². The van der Waals surface area contributed by atoms with E-state index in [1.807, 2.05) is 0 Å². The normalized spacial score (nSPS) is 14.9. The maximum Gasteiger partial charge on any atom is 0.271 e. The van der Waals surface area contributed by atoms with Crippen LogP contribution in [0.25, 0.3) is 0 Å². The minimum atomic E-state index is -3.62. The van der Waals surface area contributed by atoms with Crippen LogP contribution in [0.3, 0.4) is 0 Å². The number of nitro groups is 1. The quantitative estimate of drug-likeness (QED) is 0.638. The van der Waals surface area contributed by atoms with Crippen LogP contribution in [0.5, 0.6) is 0 Å². The molecule has 1 fully saturated rings. The first kappa shape index (κ1) is 18.0. The van der Waals surface area contributed by atoms with Gasteiger partial charge in [-0.25, -0.2) is 8.42 Å². The highest BCUT2D eigenvalue weighted by molar-refractivity contribution is 7.89. The van der Waals surface area contributed by atoms with Crippen molar-refractivity contribution in [1.29, 1.82) is 0 Å². The van der Waals surface area contributed by atoms with E-state index < -0.39 is 20.9 Å². The van der Waals surface area contributed by atoms with E-state index in [1.54, 1.807) is 0 Å². The maximum absolute atomic E-state index is 12.6. The monoisotopic (exact) mass is 375 g/mol. The lowest BCUT2D eigenvalue weighted by Crippen LogP contribution is -2.28. The second-order valence-corrected chi connectivity index (χ2v) is 7.84. The van der Waals surface area contributed by atoms with Crippen molar-refractivity contribution < 1.29 is 18.1 Å². The third-order valence-corrected chi connectivity index (χ3v) is 6.01. The Balaban J connectivity index is 1.82. The molecule has 26 heavy (non-hydrogen) atoms. The van der Waals surface area contributed by atoms with Crippen LogP contribution in [0.2, 0.25) is 0 Å². The topological polar surface area (TPSA) is 110 Å². The largest absolute Gasteiger partial charge is 0.322 e. The lowest BCUT2D eigenvalue weighted by Gasteiger charge is -2.16. The Morgan fingerprint density at radius 3 is 2.46 bits per heavy atom. The molecule has 8 nitrogen and oxygen atoms in total. The minimum Gasteiger partial charge on any atom is -0.322 e. The molecule has 0 aliphatic carbocycles. The van der Waals surface area contributed by atoms with Gasteiger partial charge in [0.05, 0.1) is 9.82 Å². The van der Waals surface area contributed by atoms with Crippen molar-refractivity contribution in [1.82, 2.24) is 4.31 Å². The molecule has 1 amide bonds. The number of nitrogens with one attached hydrogen (secondary N) is 1. The number of non-ortho nitro benzene ring substituents is 1. The number of carbonyl (C=O) groups excluding carboxylic acids is 1. The summed E-state index contributed by atoms with van der Waals surface area (Å²) in [6, 6.07) is 11.3. The summed E-state index contributed by atoms with van der Waals surface area (Å²) in [4.78, 5) is 22.7. The van der Waals surface area contributed by atoms with Gasteiger partial charge in [-0.1, -0.05) is 12.1 Å². The standard InChI is InChI=1S/C17H17N3O5S/c21-17(18-14-6-4-7-15(12-14)20(22)23)13-5-3-8-16(11-13)26(24,25)19-9-1-2-10-19/h3-8,11-12H,1-2,9-10H2,(H,18,21). The highest BCUT2D eigenvalue weighted by Gasteiger charge is 2.27. The number of nitro benzene ring substituents is 1. The number of amides is 1. The Morgan fingerprint density at radius 2 is 1.77 bits per heavy atom. The van der Waals surface area contributed by atoms with Crippen LogP contribution in [0.1, 0.15) is 23.2 Å². The summed E-state index contributed by atoms with van der Waals surface area (Å²) >= 11 is 0. The van der Waals surface area contributed by atoms with Crippen LogP contribution < -0.4 is 5.32 Å². The third-order valence-electron chi connectivity index (χ3n) is 4.11. The lowest BCUT2D eigenvalue weighted by molar-refractivity contribution is -0.384. The molecule has 3 rings (SSSR count). The van der Waals surface area contributed by atoms with E-state index >= 15 is 0 Å². The van der Waals surface area contributed by atoms with E-state index in [2.05, 4.69) is 5.32 Å². The smallest absolute Gasteiger partial charge is 0.271 e. The molecule has 0 spiro atoms. The summed E-state index contributed by atoms with van der Waals surface area (Å²) in [6.07, 6.45) is 1.65. The minimum absolute atomic E-state index is 0.0612. The zero-order chi connectivity index (χ0) is 18.7. The number of anilines is 1. The molecule has 1 aliphatic rings. The predicted molar refractivity (Wildman–Crippen MR) is 95.5 cm³/mol. The van der Waals surface area contributed by atoms with E-state index in [1.165, 1.54) is 52.8 Å². The van der Waals surface area contributed by atoms with Gasteiger partial charge in [0.2, 0.25) is 10.0 Å². The molecule has 0 radical (unpaired) electrons. The number of sulfonamides is 1. The molecular formula is C17H17N3O5S. The van der Waals surface area contributed by atoms with E-state index in [-0.39, 0.29) is 21.8 Å². The summed E-state index contributed by atoms with van der Waals surface area (Å²) in [5, 5.41) is 13.4. The first-order valence-electron chi connectivity index (χ1n) is 8.04. The van der Waals surface area contributed by atoms with Crippen molar-refractivity contribution in [2.24, 2.45) is 0 Å². The zero-order valence-electron chi connectivity index (χ0n) is 13.8. The molecule has 136 valence electrons. The van der Waals surface area contributed by atoms with Crippen LogP contribution >= 0.6 is 0 Å². The van der Waals surface area contributed by atoms with Crippen LogP contribution in [0, 0.1) is 10.1 Å². The van der Waals surface area contributed by atoms with Gasteiger partial charge in [0.25, 0.3) is 11.6 Å². The average molecular weight is 375 g/mol. The SMILES string of the molecule is O=C(Nc1cccc([N+](=O)[O-])c1)c1cccc(S(=O)(=O)N2CCCC2)c1. The molecule has 0 atom stereocenters. The summed E-state index contributed by atoms with van der Waals surface area (Å²) in [7, 11) is -3.62. The average Bonchev–Trinajstić information content (AvgIpc) is 3.17. The molecule has 0 saturated carbocycles. The molecule has 2 aromatic rings. The summed E-state index contributed by atoms with van der Waals surface area (Å²) in [5.74, 6) is -0.538. The molecule has 1 aliphatic heterocycles. The molecule has 0 aromatic heterocycles. The molecule has 1 saturated heterocycles. The number of hydrogen-bond donors (Lipinski definition) is 1. The number of rotatable bonds is 5. The van der Waals surface area contributed by atoms with Gasteiger partial charge in [-0.2, -0.15) is 4.31 Å². The highest BCUT2D eigenvalue weighted by Crippen LogP contribution is 2.22. The van der Waals surface area contributed by atoms with E-state index in [4.69, 9.17) is 0 Å². The van der Waals surface area contributed by atoms with Crippen molar-refractivity contribution in [2.45, 2.75) is 17.7 Å². The van der Waals surface area contributed by atoms with Crippen molar-refractivity contribution in [2.75, 3.05) is 18.4 Å². The van der Waals surface area contributed by atoms with Gasteiger partial charge in [-0.3, -0.25) is 14.9 Å². The number of hydrogen-bond acceptors (Lipinski definition) is 5. The van der Waals surface area contributed by atoms with Gasteiger partial charge >= 0.3 is 0 Å². The Labute approximate surface area is 150 Å². The Kier molecular flexibility index (Phi) is 5.01. The molecule has 1 heterocycles. The molecule has 0 bridgehead atoms. The van der Waals surface area contributed by atoms with Gasteiger partial charge in [0.15, 0.2) is 0 Å². The van der Waals surface area contributed by atoms with Gasteiger partial charge in [-0.15, -0.1) is 0 Å². The van der Waals surface area contributed by atoms with Gasteiger partial charge in [0.1, 0.15) is 0 Å². The second-order valence-electron chi connectivity index (χ2n) is 5.90. The Bertz CT molecular complexity index is 952. The molecule has 2 aromatic carbocycles. The van der Waals surface area contributed by atoms with Crippen LogP contribution in [-0.4, -0.2) is 36.6 Å². The van der Waals surface area contributed by atoms with Crippen molar-refractivity contribution in [3.8, 4) is 0 Å². The van der Waals surface area contributed by atoms with Crippen LogP contribution in [-0.2, 0) is 10.0 Å². The fraction of sp³-hybridized carbons (Fsp3) is 0.235. The van der Waals surface area contributed by atoms with Gasteiger partial charge in [0, 0.05) is 36.5 Å². The first-order valence-corrected chi connectivity index (χ1v) is 9.48. The van der Waals surface area contributed by atoms with Crippen LogP contribution in [0.15, 0.2) is 53.4 Å². The van der Waals surface area contributed by atoms with E-state index in [0.717, 1.165) is 12.8 Å². The maximum atomic E-state index is 12.6. The third kappa shape index (κ3) is 3.73. The predicted octanol–water partition coefficient (Wildman–Crippen LogP) is 2.63. The summed E-state index contributed by atoms with van der Waals surface area (Å²) < 4.78 is 26.6.